The molecule has 2 aliphatic heterocycles. The smallest absolute Gasteiger partial charge is 0.157 e. The lowest BCUT2D eigenvalue weighted by Gasteiger charge is -2.23. The van der Waals surface area contributed by atoms with Crippen LogP contribution in [0.25, 0.3) is 0 Å². The first-order chi connectivity index (χ1) is 9.05. The zero-order valence-corrected chi connectivity index (χ0v) is 12.1. The number of nitrogens with one attached hydrogen (secondary N) is 1. The van der Waals surface area contributed by atoms with E-state index in [-0.39, 0.29) is 22.8 Å². The van der Waals surface area contributed by atoms with Gasteiger partial charge >= 0.3 is 0 Å². The van der Waals surface area contributed by atoms with Crippen molar-refractivity contribution in [2.75, 3.05) is 18.1 Å². The molecular weight excluding hydrogens is 280 g/mol. The summed E-state index contributed by atoms with van der Waals surface area (Å²) in [6, 6.07) is 10.1. The average Bonchev–Trinajstić information content (AvgIpc) is 2.79. The molecule has 0 aliphatic carbocycles. The van der Waals surface area contributed by atoms with E-state index in [1.165, 1.54) is 17.3 Å². The zero-order chi connectivity index (χ0) is 13.5. The van der Waals surface area contributed by atoms with Gasteiger partial charge in [0, 0.05) is 11.8 Å². The van der Waals surface area contributed by atoms with Crippen LogP contribution >= 0.6 is 11.8 Å². The number of amidine groups is 1. The molecule has 2 atom stereocenters. The summed E-state index contributed by atoms with van der Waals surface area (Å²) in [5.74, 6) is 0.439. The van der Waals surface area contributed by atoms with Crippen LogP contribution in [0.1, 0.15) is 5.56 Å². The number of thioether (sulfide) groups is 1. The molecule has 2 fully saturated rings. The maximum atomic E-state index is 11.7. The van der Waals surface area contributed by atoms with Crippen molar-refractivity contribution in [1.82, 2.24) is 4.90 Å². The molecule has 4 nitrogen and oxygen atoms in total. The standard InChI is InChI=1S/C13H16N2O2S2/c14-13-15(7-6-10-4-2-1-3-5-10)11-8-19(16,17)9-12(11)18-13/h1-5,11-12,14H,6-9H2/t11-,12-/m1/s1. The fourth-order valence-electron chi connectivity index (χ4n) is 2.72. The van der Waals surface area contributed by atoms with Crippen LogP contribution in [0.15, 0.2) is 30.3 Å². The Labute approximate surface area is 117 Å². The largest absolute Gasteiger partial charge is 0.346 e. The van der Waals surface area contributed by atoms with E-state index in [0.717, 1.165) is 13.0 Å². The Hall–Kier alpha value is -1.01. The molecule has 0 radical (unpaired) electrons. The Morgan fingerprint density at radius 1 is 1.26 bits per heavy atom. The van der Waals surface area contributed by atoms with Crippen molar-refractivity contribution in [3.8, 4) is 0 Å². The minimum Gasteiger partial charge on any atom is -0.346 e. The number of hydrogen-bond acceptors (Lipinski definition) is 4. The highest BCUT2D eigenvalue weighted by atomic mass is 32.2. The van der Waals surface area contributed by atoms with Crippen LogP contribution < -0.4 is 0 Å². The topological polar surface area (TPSA) is 61.2 Å². The Bertz CT molecular complexity index is 586. The van der Waals surface area contributed by atoms with Crippen molar-refractivity contribution in [2.24, 2.45) is 0 Å². The molecule has 2 heterocycles. The summed E-state index contributed by atoms with van der Waals surface area (Å²) in [4.78, 5) is 1.97. The summed E-state index contributed by atoms with van der Waals surface area (Å²) in [5.41, 5.74) is 1.23. The van der Waals surface area contributed by atoms with Crippen LogP contribution in [-0.4, -0.2) is 47.8 Å². The van der Waals surface area contributed by atoms with Gasteiger partial charge in [0.1, 0.15) is 0 Å². The van der Waals surface area contributed by atoms with E-state index in [1.54, 1.807) is 0 Å². The molecule has 0 unspecified atom stereocenters. The fourth-order valence-corrected chi connectivity index (χ4v) is 6.58. The molecule has 2 aliphatic rings. The highest BCUT2D eigenvalue weighted by Gasteiger charge is 2.47. The van der Waals surface area contributed by atoms with Gasteiger partial charge in [0.2, 0.25) is 0 Å². The van der Waals surface area contributed by atoms with Gasteiger partial charge in [-0.25, -0.2) is 8.42 Å². The van der Waals surface area contributed by atoms with Gasteiger partial charge in [-0.2, -0.15) is 0 Å². The second kappa shape index (κ2) is 4.83. The van der Waals surface area contributed by atoms with Crippen LogP contribution in [0.4, 0.5) is 0 Å². The summed E-state index contributed by atoms with van der Waals surface area (Å²) in [6.07, 6.45) is 0.854. The number of rotatable bonds is 3. The molecule has 1 aromatic rings. The molecule has 1 aromatic carbocycles. The highest BCUT2D eigenvalue weighted by molar-refractivity contribution is 8.15. The Morgan fingerprint density at radius 3 is 2.74 bits per heavy atom. The molecule has 1 N–H and O–H groups in total. The SMILES string of the molecule is N=C1S[C@@H]2CS(=O)(=O)C[C@H]2N1CCc1ccccc1. The minimum absolute atomic E-state index is 0.00575. The molecule has 3 rings (SSSR count). The molecule has 2 saturated heterocycles. The second-order valence-corrected chi connectivity index (χ2v) is 8.42. The van der Waals surface area contributed by atoms with E-state index >= 15 is 0 Å². The molecule has 6 heteroatoms. The Morgan fingerprint density at radius 2 is 2.00 bits per heavy atom. The minimum atomic E-state index is -2.90. The molecule has 102 valence electrons. The van der Waals surface area contributed by atoms with Gasteiger partial charge in [0.25, 0.3) is 0 Å². The van der Waals surface area contributed by atoms with Crippen molar-refractivity contribution < 1.29 is 8.42 Å². The monoisotopic (exact) mass is 296 g/mol. The van der Waals surface area contributed by atoms with Crippen molar-refractivity contribution in [3.63, 3.8) is 0 Å². The van der Waals surface area contributed by atoms with Crippen LogP contribution in [0.3, 0.4) is 0 Å². The van der Waals surface area contributed by atoms with E-state index in [2.05, 4.69) is 12.1 Å². The molecule has 0 aromatic heterocycles. The third-order valence-electron chi connectivity index (χ3n) is 3.68. The van der Waals surface area contributed by atoms with Crippen LogP contribution in [0.2, 0.25) is 0 Å². The maximum absolute atomic E-state index is 11.7. The van der Waals surface area contributed by atoms with Crippen molar-refractivity contribution in [1.29, 1.82) is 5.41 Å². The molecule has 0 saturated carbocycles. The molecule has 19 heavy (non-hydrogen) atoms. The fraction of sp³-hybridized carbons (Fsp3) is 0.462. The third kappa shape index (κ3) is 2.65. The highest BCUT2D eigenvalue weighted by Crippen LogP contribution is 2.37. The van der Waals surface area contributed by atoms with Crippen molar-refractivity contribution in [3.05, 3.63) is 35.9 Å². The number of nitrogens with zero attached hydrogens (tertiary/aromatic N) is 1. The van der Waals surface area contributed by atoms with Gasteiger partial charge in [0.05, 0.1) is 17.5 Å². The van der Waals surface area contributed by atoms with Gasteiger partial charge in [-0.1, -0.05) is 42.1 Å². The van der Waals surface area contributed by atoms with E-state index in [9.17, 15) is 8.42 Å². The van der Waals surface area contributed by atoms with Crippen LogP contribution in [0.5, 0.6) is 0 Å². The van der Waals surface area contributed by atoms with Gasteiger partial charge in [-0.15, -0.1) is 0 Å². The van der Waals surface area contributed by atoms with Crippen molar-refractivity contribution in [2.45, 2.75) is 17.7 Å². The predicted octanol–water partition coefficient (Wildman–Crippen LogP) is 1.38. The summed E-state index contributed by atoms with van der Waals surface area (Å²) in [6.45, 7) is 0.729. The molecular formula is C13H16N2O2S2. The van der Waals surface area contributed by atoms with E-state index in [1.807, 2.05) is 23.1 Å². The summed E-state index contributed by atoms with van der Waals surface area (Å²) in [7, 11) is -2.90. The van der Waals surface area contributed by atoms with Gasteiger partial charge < -0.3 is 4.90 Å². The molecule has 0 bridgehead atoms. The van der Waals surface area contributed by atoms with Gasteiger partial charge in [-0.3, -0.25) is 5.41 Å². The summed E-state index contributed by atoms with van der Waals surface area (Å²) >= 11 is 1.41. The summed E-state index contributed by atoms with van der Waals surface area (Å²) < 4.78 is 23.3. The average molecular weight is 296 g/mol. The van der Waals surface area contributed by atoms with E-state index < -0.39 is 9.84 Å². The Balaban J connectivity index is 1.69. The normalized spacial score (nSPS) is 28.6. The van der Waals surface area contributed by atoms with Crippen LogP contribution in [0, 0.1) is 5.41 Å². The first-order valence-corrected chi connectivity index (χ1v) is 9.01. The summed E-state index contributed by atoms with van der Waals surface area (Å²) in [5, 5.41) is 8.58. The number of sulfone groups is 1. The molecule has 0 spiro atoms. The van der Waals surface area contributed by atoms with Crippen LogP contribution in [-0.2, 0) is 16.3 Å². The van der Waals surface area contributed by atoms with Crippen molar-refractivity contribution >= 4 is 26.8 Å². The van der Waals surface area contributed by atoms with Gasteiger partial charge in [0.15, 0.2) is 15.0 Å². The van der Waals surface area contributed by atoms with Gasteiger partial charge in [-0.05, 0) is 12.0 Å². The first-order valence-electron chi connectivity index (χ1n) is 6.31. The zero-order valence-electron chi connectivity index (χ0n) is 10.5. The third-order valence-corrected chi connectivity index (χ3v) is 6.85. The number of fused-ring (bicyclic) bond motifs is 1. The maximum Gasteiger partial charge on any atom is 0.157 e. The van der Waals surface area contributed by atoms with E-state index in [4.69, 9.17) is 5.41 Å². The lowest BCUT2D eigenvalue weighted by Crippen LogP contribution is -2.38. The lowest BCUT2D eigenvalue weighted by atomic mass is 10.1. The quantitative estimate of drug-likeness (QED) is 0.915. The Kier molecular flexibility index (Phi) is 3.30. The first kappa shape index (κ1) is 13.0. The lowest BCUT2D eigenvalue weighted by molar-refractivity contribution is 0.359. The number of benzene rings is 1. The second-order valence-electron chi connectivity index (χ2n) is 5.03. The van der Waals surface area contributed by atoms with E-state index in [0.29, 0.717) is 5.17 Å². The molecule has 0 amide bonds. The predicted molar refractivity (Wildman–Crippen MR) is 78.4 cm³/mol. The number of hydrogen-bond donors (Lipinski definition) is 1.